The lowest BCUT2D eigenvalue weighted by molar-refractivity contribution is 0.661. The van der Waals surface area contributed by atoms with E-state index in [4.69, 9.17) is 9.97 Å². The maximum absolute atomic E-state index is 5.74. The summed E-state index contributed by atoms with van der Waals surface area (Å²) in [7, 11) is -2.97. The Hall–Kier alpha value is -6.36. The minimum absolute atomic E-state index is 0.107. The summed E-state index contributed by atoms with van der Waals surface area (Å²) < 4.78 is 2.48. The highest BCUT2D eigenvalue weighted by molar-refractivity contribution is 7.22. The molecule has 2 aliphatic rings. The predicted molar refractivity (Wildman–Crippen MR) is 222 cm³/mol. The van der Waals surface area contributed by atoms with Crippen molar-refractivity contribution < 1.29 is 0 Å². The highest BCUT2D eigenvalue weighted by atomic mass is 28.3. The van der Waals surface area contributed by atoms with Gasteiger partial charge in [0.2, 0.25) is 0 Å². The van der Waals surface area contributed by atoms with Gasteiger partial charge in [0.15, 0.2) is 13.9 Å². The average Bonchev–Trinajstić information content (AvgIpc) is 3.79. The molecule has 9 aromatic rings. The Morgan fingerprint density at radius 1 is 0.491 bits per heavy atom. The van der Waals surface area contributed by atoms with Crippen molar-refractivity contribution >= 4 is 50.6 Å². The summed E-state index contributed by atoms with van der Waals surface area (Å²) in [6.07, 6.45) is 0. The normalized spacial score (nSPS) is 14.5. The Balaban J connectivity index is 1.35. The number of hydrogen-bond donors (Lipinski definition) is 0. The monoisotopic (exact) mass is 693 g/mol. The zero-order valence-corrected chi connectivity index (χ0v) is 30.6. The van der Waals surface area contributed by atoms with Gasteiger partial charge in [-0.05, 0) is 56.0 Å². The van der Waals surface area contributed by atoms with E-state index in [0.717, 1.165) is 33.9 Å². The zero-order valence-electron chi connectivity index (χ0n) is 29.6. The van der Waals surface area contributed by atoms with Gasteiger partial charge in [-0.1, -0.05) is 172 Å². The van der Waals surface area contributed by atoms with Crippen LogP contribution in [0.2, 0.25) is 0 Å². The van der Waals surface area contributed by atoms with E-state index in [0.29, 0.717) is 0 Å². The van der Waals surface area contributed by atoms with E-state index in [-0.39, 0.29) is 5.41 Å². The van der Waals surface area contributed by atoms with Gasteiger partial charge in [0.1, 0.15) is 5.82 Å². The maximum atomic E-state index is 5.74. The first kappa shape index (κ1) is 30.3. The molecule has 0 fully saturated rings. The van der Waals surface area contributed by atoms with Gasteiger partial charge in [-0.3, -0.25) is 4.57 Å². The Morgan fingerprint density at radius 2 is 1.09 bits per heavy atom. The standard InChI is InChI=1S/C49H35N3Si/c1-49(2)40-27-15-12-24-35(40)38-31-43-39(30-41(38)49)36-25-13-16-28-42(36)52(43)48-46-45(50-47(51-48)32-18-6-3-7-19-32)37-26-14-17-29-44(37)53(46,33-20-8-4-9-21-33)34-22-10-5-11-23-34/h3-31H,1-2H3. The molecule has 0 bridgehead atoms. The van der Waals surface area contributed by atoms with Crippen molar-refractivity contribution in [1.82, 2.24) is 14.5 Å². The molecular formula is C49H35N3Si. The lowest BCUT2D eigenvalue weighted by atomic mass is 9.82. The molecule has 3 nitrogen and oxygen atoms in total. The summed E-state index contributed by atoms with van der Waals surface area (Å²) in [6, 6.07) is 64.5. The van der Waals surface area contributed by atoms with Crippen molar-refractivity contribution in [1.29, 1.82) is 0 Å². The highest BCUT2D eigenvalue weighted by Crippen LogP contribution is 2.51. The molecule has 1 aliphatic carbocycles. The fourth-order valence-corrected chi connectivity index (χ4v) is 14.7. The first-order chi connectivity index (χ1) is 26.1. The molecule has 0 radical (unpaired) electrons. The van der Waals surface area contributed by atoms with Crippen molar-refractivity contribution in [3.63, 3.8) is 0 Å². The number of aromatic nitrogens is 3. The fourth-order valence-electron chi connectivity index (χ4n) is 9.55. The molecule has 4 heteroatoms. The summed E-state index contributed by atoms with van der Waals surface area (Å²) >= 11 is 0. The second-order valence-electron chi connectivity index (χ2n) is 14.9. The van der Waals surface area contributed by atoms with Gasteiger partial charge in [0.05, 0.1) is 16.7 Å². The van der Waals surface area contributed by atoms with E-state index in [9.17, 15) is 0 Å². The van der Waals surface area contributed by atoms with Gasteiger partial charge in [0, 0.05) is 32.5 Å². The SMILES string of the molecule is CC1(C)c2ccccc2-c2cc3c(cc21)c1ccccc1n3-c1nc(-c2ccccc2)nc2c1[Si](c1ccccc1)(c1ccccc1)c1ccccc1-2. The first-order valence-electron chi connectivity index (χ1n) is 18.4. The molecule has 0 unspecified atom stereocenters. The number of rotatable bonds is 4. The number of para-hydroxylation sites is 1. The molecule has 0 atom stereocenters. The molecule has 3 heterocycles. The lowest BCUT2D eigenvalue weighted by Gasteiger charge is -2.32. The van der Waals surface area contributed by atoms with Crippen LogP contribution < -0.4 is 20.7 Å². The third-order valence-corrected chi connectivity index (χ3v) is 16.7. The van der Waals surface area contributed by atoms with Crippen LogP contribution in [0.4, 0.5) is 0 Å². The zero-order chi connectivity index (χ0) is 35.3. The van der Waals surface area contributed by atoms with Crippen molar-refractivity contribution in [2.75, 3.05) is 0 Å². The molecule has 0 saturated heterocycles. The van der Waals surface area contributed by atoms with Crippen LogP contribution in [0.25, 0.3) is 61.4 Å². The molecule has 7 aromatic carbocycles. The van der Waals surface area contributed by atoms with Crippen molar-refractivity contribution in [3.8, 4) is 39.6 Å². The van der Waals surface area contributed by atoms with Crippen LogP contribution in [0.15, 0.2) is 176 Å². The third kappa shape index (κ3) is 4.04. The Bertz CT molecular complexity index is 2870. The van der Waals surface area contributed by atoms with Gasteiger partial charge < -0.3 is 0 Å². The molecule has 0 N–H and O–H groups in total. The minimum atomic E-state index is -2.97. The summed E-state index contributed by atoms with van der Waals surface area (Å²) in [5.74, 6) is 1.69. The average molecular weight is 694 g/mol. The summed E-state index contributed by atoms with van der Waals surface area (Å²) in [4.78, 5) is 11.3. The molecule has 250 valence electrons. The van der Waals surface area contributed by atoms with Gasteiger partial charge in [-0.25, -0.2) is 9.97 Å². The fraction of sp³-hybridized carbons (Fsp3) is 0.0612. The minimum Gasteiger partial charge on any atom is -0.294 e. The maximum Gasteiger partial charge on any atom is 0.187 e. The largest absolute Gasteiger partial charge is 0.294 e. The van der Waals surface area contributed by atoms with Crippen LogP contribution >= 0.6 is 0 Å². The van der Waals surface area contributed by atoms with Crippen LogP contribution in [-0.4, -0.2) is 22.6 Å². The van der Waals surface area contributed by atoms with Crippen molar-refractivity contribution in [2.24, 2.45) is 0 Å². The number of fused-ring (bicyclic) bond motifs is 9. The van der Waals surface area contributed by atoms with Crippen LogP contribution in [0.3, 0.4) is 0 Å². The van der Waals surface area contributed by atoms with Crippen LogP contribution in [0.1, 0.15) is 25.0 Å². The van der Waals surface area contributed by atoms with E-state index in [1.54, 1.807) is 0 Å². The van der Waals surface area contributed by atoms with E-state index in [1.165, 1.54) is 59.3 Å². The predicted octanol–water partition coefficient (Wildman–Crippen LogP) is 8.90. The molecule has 11 rings (SSSR count). The van der Waals surface area contributed by atoms with Gasteiger partial charge in [-0.2, -0.15) is 0 Å². The molecule has 0 amide bonds. The summed E-state index contributed by atoms with van der Waals surface area (Å²) in [5.41, 5.74) is 10.8. The Kier molecular flexibility index (Phi) is 6.32. The van der Waals surface area contributed by atoms with Crippen LogP contribution in [0.5, 0.6) is 0 Å². The van der Waals surface area contributed by atoms with Gasteiger partial charge >= 0.3 is 0 Å². The van der Waals surface area contributed by atoms with Crippen molar-refractivity contribution in [2.45, 2.75) is 19.3 Å². The van der Waals surface area contributed by atoms with Crippen LogP contribution in [-0.2, 0) is 5.41 Å². The van der Waals surface area contributed by atoms with Gasteiger partial charge in [0.25, 0.3) is 0 Å². The van der Waals surface area contributed by atoms with Crippen LogP contribution in [0, 0.1) is 0 Å². The van der Waals surface area contributed by atoms with E-state index in [1.807, 2.05) is 0 Å². The van der Waals surface area contributed by atoms with E-state index < -0.39 is 8.07 Å². The molecular weight excluding hydrogens is 659 g/mol. The highest BCUT2D eigenvalue weighted by Gasteiger charge is 2.52. The lowest BCUT2D eigenvalue weighted by Crippen LogP contribution is -2.73. The molecule has 53 heavy (non-hydrogen) atoms. The molecule has 1 aliphatic heterocycles. The molecule has 0 saturated carbocycles. The second kappa shape index (κ2) is 11.1. The topological polar surface area (TPSA) is 30.7 Å². The Labute approximate surface area is 309 Å². The molecule has 2 aromatic heterocycles. The number of hydrogen-bond acceptors (Lipinski definition) is 2. The van der Waals surface area contributed by atoms with Gasteiger partial charge in [-0.15, -0.1) is 0 Å². The summed E-state index contributed by atoms with van der Waals surface area (Å²) in [5, 5.41) is 7.72. The smallest absolute Gasteiger partial charge is 0.187 e. The molecule has 0 spiro atoms. The quantitative estimate of drug-likeness (QED) is 0.173. The van der Waals surface area contributed by atoms with Crippen molar-refractivity contribution in [3.05, 3.63) is 187 Å². The number of nitrogens with zero attached hydrogens (tertiary/aromatic N) is 3. The Morgan fingerprint density at radius 3 is 1.83 bits per heavy atom. The third-order valence-electron chi connectivity index (χ3n) is 11.9. The second-order valence-corrected chi connectivity index (χ2v) is 18.6. The summed E-state index contributed by atoms with van der Waals surface area (Å²) in [6.45, 7) is 4.73. The van der Waals surface area contributed by atoms with E-state index >= 15 is 0 Å². The number of benzene rings is 7. The first-order valence-corrected chi connectivity index (χ1v) is 20.4. The van der Waals surface area contributed by atoms with E-state index in [2.05, 4.69) is 194 Å².